The van der Waals surface area contributed by atoms with Gasteiger partial charge in [-0.3, -0.25) is 10.1 Å². The molecule has 2 rings (SSSR count). The van der Waals surface area contributed by atoms with Crippen molar-refractivity contribution in [2.45, 2.75) is 12.6 Å². The van der Waals surface area contributed by atoms with Crippen molar-refractivity contribution in [3.63, 3.8) is 0 Å². The van der Waals surface area contributed by atoms with Crippen LogP contribution in [0.25, 0.3) is 0 Å². The number of hydrogen-bond donors (Lipinski definition) is 0. The molecule has 1 aromatic heterocycles. The van der Waals surface area contributed by atoms with Crippen LogP contribution < -0.4 is 4.90 Å². The van der Waals surface area contributed by atoms with Gasteiger partial charge in [-0.1, -0.05) is 0 Å². The Morgan fingerprint density at radius 2 is 2.47 bits per heavy atom. The Labute approximate surface area is 85.4 Å². The normalized spacial score (nSPS) is 20.9. The number of anilines is 1. The minimum atomic E-state index is -0.903. The van der Waals surface area contributed by atoms with Crippen LogP contribution in [-0.2, 0) is 7.05 Å². The van der Waals surface area contributed by atoms with E-state index in [1.807, 2.05) is 0 Å². The van der Waals surface area contributed by atoms with E-state index in [1.54, 1.807) is 11.9 Å². The Morgan fingerprint density at radius 1 is 1.73 bits per heavy atom. The van der Waals surface area contributed by atoms with Crippen LogP contribution in [0.1, 0.15) is 6.42 Å². The van der Waals surface area contributed by atoms with Crippen LogP contribution in [0.4, 0.5) is 15.9 Å². The fourth-order valence-electron chi connectivity index (χ4n) is 1.82. The van der Waals surface area contributed by atoms with Gasteiger partial charge in [0, 0.05) is 13.6 Å². The Bertz CT molecular complexity index is 392. The molecule has 1 aliphatic rings. The lowest BCUT2D eigenvalue weighted by Gasteiger charge is -2.15. The summed E-state index contributed by atoms with van der Waals surface area (Å²) in [6.45, 7) is 0.710. The lowest BCUT2D eigenvalue weighted by molar-refractivity contribution is -0.384. The monoisotopic (exact) mass is 214 g/mol. The third kappa shape index (κ3) is 1.64. The van der Waals surface area contributed by atoms with Crippen LogP contribution >= 0.6 is 0 Å². The molecule has 0 bridgehead atoms. The van der Waals surface area contributed by atoms with Crippen LogP contribution in [-0.4, -0.2) is 34.0 Å². The molecule has 1 aromatic rings. The second kappa shape index (κ2) is 3.48. The third-order valence-electron chi connectivity index (χ3n) is 2.52. The molecular weight excluding hydrogens is 203 g/mol. The third-order valence-corrected chi connectivity index (χ3v) is 2.52. The lowest BCUT2D eigenvalue weighted by Crippen LogP contribution is -2.23. The average molecular weight is 214 g/mol. The van der Waals surface area contributed by atoms with Gasteiger partial charge in [-0.2, -0.15) is 5.10 Å². The molecule has 1 atom stereocenters. The standard InChI is InChI=1S/C8H11FN4O2/c1-11-8(7(4-10-11)13(14)15)12-3-2-6(9)5-12/h4,6H,2-3,5H2,1H3/t6-/m0/s1. The number of aromatic nitrogens is 2. The van der Waals surface area contributed by atoms with Crippen LogP contribution in [0.15, 0.2) is 6.20 Å². The fourth-order valence-corrected chi connectivity index (χ4v) is 1.82. The summed E-state index contributed by atoms with van der Waals surface area (Å²) in [4.78, 5) is 11.9. The summed E-state index contributed by atoms with van der Waals surface area (Å²) in [5, 5.41) is 14.5. The SMILES string of the molecule is Cn1ncc([N+](=O)[O-])c1N1CC[C@H](F)C1. The fraction of sp³-hybridized carbons (Fsp3) is 0.625. The van der Waals surface area contributed by atoms with E-state index in [0.29, 0.717) is 18.8 Å². The Morgan fingerprint density at radius 3 is 3.00 bits per heavy atom. The molecule has 1 fully saturated rings. The number of rotatable bonds is 2. The molecule has 15 heavy (non-hydrogen) atoms. The maximum atomic E-state index is 13.0. The minimum absolute atomic E-state index is 0.0633. The van der Waals surface area contributed by atoms with Gasteiger partial charge in [0.1, 0.15) is 12.4 Å². The van der Waals surface area contributed by atoms with Gasteiger partial charge in [0.25, 0.3) is 0 Å². The molecule has 0 spiro atoms. The molecule has 82 valence electrons. The Hall–Kier alpha value is -1.66. The highest BCUT2D eigenvalue weighted by Crippen LogP contribution is 2.30. The van der Waals surface area contributed by atoms with Gasteiger partial charge in [-0.15, -0.1) is 0 Å². The molecule has 0 radical (unpaired) electrons. The van der Waals surface area contributed by atoms with Crippen molar-refractivity contribution < 1.29 is 9.31 Å². The number of nitro groups is 1. The zero-order valence-electron chi connectivity index (χ0n) is 8.26. The van der Waals surface area contributed by atoms with Crippen LogP contribution in [0.3, 0.4) is 0 Å². The Kier molecular flexibility index (Phi) is 2.29. The first-order valence-corrected chi connectivity index (χ1v) is 4.65. The molecule has 0 amide bonds. The number of hydrogen-bond acceptors (Lipinski definition) is 4. The molecule has 6 nitrogen and oxygen atoms in total. The summed E-state index contributed by atoms with van der Waals surface area (Å²) >= 11 is 0. The quantitative estimate of drug-likeness (QED) is 0.541. The predicted octanol–water partition coefficient (Wildman–Crippen LogP) is 0.876. The summed E-state index contributed by atoms with van der Waals surface area (Å²) < 4.78 is 14.4. The van der Waals surface area contributed by atoms with Gasteiger partial charge in [0.05, 0.1) is 11.5 Å². The first-order chi connectivity index (χ1) is 7.09. The Balaban J connectivity index is 2.34. The smallest absolute Gasteiger partial charge is 0.331 e. The van der Waals surface area contributed by atoms with Gasteiger partial charge in [0.15, 0.2) is 0 Å². The van der Waals surface area contributed by atoms with E-state index in [0.717, 1.165) is 0 Å². The molecule has 0 saturated carbocycles. The first-order valence-electron chi connectivity index (χ1n) is 4.65. The highest BCUT2D eigenvalue weighted by atomic mass is 19.1. The number of halogens is 1. The van der Waals surface area contributed by atoms with E-state index in [9.17, 15) is 14.5 Å². The van der Waals surface area contributed by atoms with Gasteiger partial charge >= 0.3 is 5.69 Å². The molecule has 0 aliphatic carbocycles. The molecular formula is C8H11FN4O2. The van der Waals surface area contributed by atoms with E-state index in [4.69, 9.17) is 0 Å². The molecule has 0 unspecified atom stereocenters. The topological polar surface area (TPSA) is 64.2 Å². The molecule has 1 saturated heterocycles. The highest BCUT2D eigenvalue weighted by molar-refractivity contribution is 5.58. The maximum Gasteiger partial charge on any atom is 0.331 e. The average Bonchev–Trinajstić information content (AvgIpc) is 2.71. The van der Waals surface area contributed by atoms with E-state index < -0.39 is 11.1 Å². The van der Waals surface area contributed by atoms with Crippen molar-refractivity contribution in [3.05, 3.63) is 16.3 Å². The largest absolute Gasteiger partial charge is 0.348 e. The van der Waals surface area contributed by atoms with E-state index in [2.05, 4.69) is 5.10 Å². The van der Waals surface area contributed by atoms with Gasteiger partial charge in [0.2, 0.25) is 5.82 Å². The van der Waals surface area contributed by atoms with E-state index in [-0.39, 0.29) is 12.2 Å². The summed E-state index contributed by atoms with van der Waals surface area (Å²) in [6.07, 6.45) is 0.711. The molecule has 2 heterocycles. The number of alkyl halides is 1. The zero-order valence-corrected chi connectivity index (χ0v) is 8.26. The molecule has 0 N–H and O–H groups in total. The van der Waals surface area contributed by atoms with Crippen LogP contribution in [0.2, 0.25) is 0 Å². The van der Waals surface area contributed by atoms with Crippen LogP contribution in [0, 0.1) is 10.1 Å². The maximum absolute atomic E-state index is 13.0. The van der Waals surface area contributed by atoms with Gasteiger partial charge in [-0.25, -0.2) is 9.07 Å². The zero-order chi connectivity index (χ0) is 11.0. The summed E-state index contributed by atoms with van der Waals surface area (Å²) in [5.41, 5.74) is -0.0633. The van der Waals surface area contributed by atoms with E-state index >= 15 is 0 Å². The molecule has 0 aromatic carbocycles. The second-order valence-corrected chi connectivity index (χ2v) is 3.57. The highest BCUT2D eigenvalue weighted by Gasteiger charge is 2.30. The van der Waals surface area contributed by atoms with Gasteiger partial charge < -0.3 is 4.90 Å². The summed E-state index contributed by atoms with van der Waals surface area (Å²) in [5.74, 6) is 0.389. The van der Waals surface area contributed by atoms with Gasteiger partial charge in [-0.05, 0) is 6.42 Å². The number of aryl methyl sites for hydroxylation is 1. The van der Waals surface area contributed by atoms with Crippen LogP contribution in [0.5, 0.6) is 0 Å². The van der Waals surface area contributed by atoms with Crippen molar-refractivity contribution in [1.29, 1.82) is 0 Å². The van der Waals surface area contributed by atoms with Crippen molar-refractivity contribution in [2.24, 2.45) is 7.05 Å². The van der Waals surface area contributed by atoms with Crippen molar-refractivity contribution in [1.82, 2.24) is 9.78 Å². The summed E-state index contributed by atoms with van der Waals surface area (Å²) in [7, 11) is 1.62. The van der Waals surface area contributed by atoms with E-state index in [1.165, 1.54) is 10.9 Å². The summed E-state index contributed by atoms with van der Waals surface area (Å²) in [6, 6.07) is 0. The number of nitrogens with zero attached hydrogens (tertiary/aromatic N) is 4. The second-order valence-electron chi connectivity index (χ2n) is 3.57. The van der Waals surface area contributed by atoms with Crippen molar-refractivity contribution >= 4 is 11.5 Å². The molecule has 7 heteroatoms. The minimum Gasteiger partial charge on any atom is -0.348 e. The lowest BCUT2D eigenvalue weighted by atomic mass is 10.3. The molecule has 1 aliphatic heterocycles. The predicted molar refractivity (Wildman–Crippen MR) is 51.6 cm³/mol. The first kappa shape index (κ1) is 9.88. The van der Waals surface area contributed by atoms with Crippen molar-refractivity contribution in [3.8, 4) is 0 Å². The van der Waals surface area contributed by atoms with Crippen molar-refractivity contribution in [2.75, 3.05) is 18.0 Å².